The van der Waals surface area contributed by atoms with Gasteiger partial charge in [-0.15, -0.1) is 0 Å². The molecule has 0 saturated carbocycles. The van der Waals surface area contributed by atoms with Crippen molar-refractivity contribution >= 4 is 0 Å². The largest absolute Gasteiger partial charge is 0.334 e. The van der Waals surface area contributed by atoms with Crippen LogP contribution in [0.4, 0.5) is 0 Å². The molecule has 0 aliphatic carbocycles. The Labute approximate surface area is 121 Å². The van der Waals surface area contributed by atoms with E-state index in [9.17, 15) is 0 Å². The first-order valence-corrected chi connectivity index (χ1v) is 7.49. The van der Waals surface area contributed by atoms with Crippen molar-refractivity contribution in [2.24, 2.45) is 0 Å². The van der Waals surface area contributed by atoms with Gasteiger partial charge in [0.1, 0.15) is 5.82 Å². The third kappa shape index (κ3) is 3.90. The molecule has 0 amide bonds. The summed E-state index contributed by atoms with van der Waals surface area (Å²) in [6, 6.07) is 6.39. The minimum atomic E-state index is 0.298. The summed E-state index contributed by atoms with van der Waals surface area (Å²) in [4.78, 5) is 8.93. The lowest BCUT2D eigenvalue weighted by Crippen LogP contribution is -2.25. The van der Waals surface area contributed by atoms with Gasteiger partial charge in [-0.05, 0) is 44.9 Å². The lowest BCUT2D eigenvalue weighted by Gasteiger charge is -2.19. The van der Waals surface area contributed by atoms with Gasteiger partial charge in [0.2, 0.25) is 0 Å². The molecule has 4 heteroatoms. The maximum Gasteiger partial charge on any atom is 0.125 e. The van der Waals surface area contributed by atoms with Crippen molar-refractivity contribution in [3.8, 4) is 0 Å². The van der Waals surface area contributed by atoms with E-state index in [4.69, 9.17) is 0 Å². The van der Waals surface area contributed by atoms with Gasteiger partial charge < -0.3 is 9.88 Å². The van der Waals surface area contributed by atoms with Crippen LogP contribution in [0.1, 0.15) is 44.2 Å². The van der Waals surface area contributed by atoms with E-state index in [-0.39, 0.29) is 0 Å². The normalized spacial score (nSPS) is 12.5. The lowest BCUT2D eigenvalue weighted by molar-refractivity contribution is 0.456. The molecule has 0 fully saturated rings. The SMILES string of the molecule is CCCNC(CCc1ccccn1)c1nccn1CC. The van der Waals surface area contributed by atoms with Crippen LogP contribution in [0.3, 0.4) is 0 Å². The average molecular weight is 272 g/mol. The van der Waals surface area contributed by atoms with Crippen LogP contribution in [0.25, 0.3) is 0 Å². The van der Waals surface area contributed by atoms with Crippen molar-refractivity contribution in [2.45, 2.75) is 45.7 Å². The minimum absolute atomic E-state index is 0.298. The fourth-order valence-corrected chi connectivity index (χ4v) is 2.38. The van der Waals surface area contributed by atoms with Gasteiger partial charge in [0.05, 0.1) is 6.04 Å². The van der Waals surface area contributed by atoms with E-state index in [2.05, 4.69) is 46.0 Å². The topological polar surface area (TPSA) is 42.7 Å². The summed E-state index contributed by atoms with van der Waals surface area (Å²) in [7, 11) is 0. The molecular weight excluding hydrogens is 248 g/mol. The number of aryl methyl sites for hydroxylation is 2. The molecule has 20 heavy (non-hydrogen) atoms. The zero-order valence-electron chi connectivity index (χ0n) is 12.4. The van der Waals surface area contributed by atoms with E-state index in [0.29, 0.717) is 6.04 Å². The van der Waals surface area contributed by atoms with Crippen LogP contribution in [0.2, 0.25) is 0 Å². The van der Waals surface area contributed by atoms with Gasteiger partial charge in [0, 0.05) is 30.8 Å². The van der Waals surface area contributed by atoms with E-state index in [1.165, 1.54) is 0 Å². The quantitative estimate of drug-likeness (QED) is 0.803. The first-order valence-electron chi connectivity index (χ1n) is 7.49. The Morgan fingerprint density at radius 3 is 2.80 bits per heavy atom. The summed E-state index contributed by atoms with van der Waals surface area (Å²) < 4.78 is 2.21. The molecule has 108 valence electrons. The van der Waals surface area contributed by atoms with Gasteiger partial charge in [-0.2, -0.15) is 0 Å². The highest BCUT2D eigenvalue weighted by atomic mass is 15.1. The average Bonchev–Trinajstić information content (AvgIpc) is 2.97. The molecule has 0 saturated heterocycles. The summed E-state index contributed by atoms with van der Waals surface area (Å²) >= 11 is 0. The zero-order valence-corrected chi connectivity index (χ0v) is 12.4. The molecule has 2 heterocycles. The second-order valence-electron chi connectivity index (χ2n) is 4.94. The van der Waals surface area contributed by atoms with E-state index < -0.39 is 0 Å². The first-order chi connectivity index (χ1) is 9.85. The monoisotopic (exact) mass is 272 g/mol. The molecule has 1 N–H and O–H groups in total. The Kier molecular flexibility index (Phi) is 5.74. The van der Waals surface area contributed by atoms with Crippen molar-refractivity contribution in [1.29, 1.82) is 0 Å². The smallest absolute Gasteiger partial charge is 0.125 e. The number of pyridine rings is 1. The van der Waals surface area contributed by atoms with Crippen LogP contribution in [-0.4, -0.2) is 21.1 Å². The molecule has 0 bridgehead atoms. The van der Waals surface area contributed by atoms with E-state index in [0.717, 1.165) is 43.9 Å². The van der Waals surface area contributed by atoms with Crippen LogP contribution in [0.15, 0.2) is 36.8 Å². The number of rotatable bonds is 8. The highest BCUT2D eigenvalue weighted by Gasteiger charge is 2.15. The van der Waals surface area contributed by atoms with Gasteiger partial charge in [-0.1, -0.05) is 13.0 Å². The third-order valence-corrected chi connectivity index (χ3v) is 3.46. The molecule has 0 aliphatic heterocycles. The van der Waals surface area contributed by atoms with Crippen LogP contribution in [0.5, 0.6) is 0 Å². The number of hydrogen-bond donors (Lipinski definition) is 1. The molecule has 2 aromatic heterocycles. The zero-order chi connectivity index (χ0) is 14.2. The second kappa shape index (κ2) is 7.80. The number of nitrogens with zero attached hydrogens (tertiary/aromatic N) is 3. The second-order valence-corrected chi connectivity index (χ2v) is 4.94. The predicted octanol–water partition coefficient (Wildman–Crippen LogP) is 2.97. The summed E-state index contributed by atoms with van der Waals surface area (Å²) in [6.07, 6.45) is 8.92. The Bertz CT molecular complexity index is 492. The lowest BCUT2D eigenvalue weighted by atomic mass is 10.1. The summed E-state index contributed by atoms with van der Waals surface area (Å²) in [6.45, 7) is 6.32. The molecule has 4 nitrogen and oxygen atoms in total. The highest BCUT2D eigenvalue weighted by Crippen LogP contribution is 2.17. The maximum atomic E-state index is 4.53. The number of hydrogen-bond acceptors (Lipinski definition) is 3. The minimum Gasteiger partial charge on any atom is -0.334 e. The number of nitrogens with one attached hydrogen (secondary N) is 1. The molecule has 0 spiro atoms. The first kappa shape index (κ1) is 14.7. The van der Waals surface area contributed by atoms with Crippen molar-refractivity contribution in [3.63, 3.8) is 0 Å². The Hall–Kier alpha value is -1.68. The van der Waals surface area contributed by atoms with E-state index >= 15 is 0 Å². The highest BCUT2D eigenvalue weighted by molar-refractivity contribution is 5.06. The molecule has 0 aliphatic rings. The third-order valence-electron chi connectivity index (χ3n) is 3.46. The van der Waals surface area contributed by atoms with Crippen molar-refractivity contribution in [3.05, 3.63) is 48.3 Å². The van der Waals surface area contributed by atoms with Crippen LogP contribution < -0.4 is 5.32 Å². The van der Waals surface area contributed by atoms with Crippen LogP contribution >= 0.6 is 0 Å². The molecule has 0 radical (unpaired) electrons. The van der Waals surface area contributed by atoms with E-state index in [1.54, 1.807) is 0 Å². The molecule has 0 aromatic carbocycles. The van der Waals surface area contributed by atoms with Crippen molar-refractivity contribution in [1.82, 2.24) is 19.9 Å². The molecule has 1 atom stereocenters. The van der Waals surface area contributed by atoms with Crippen molar-refractivity contribution < 1.29 is 0 Å². The predicted molar refractivity (Wildman–Crippen MR) is 81.5 cm³/mol. The van der Waals surface area contributed by atoms with Gasteiger partial charge in [-0.3, -0.25) is 4.98 Å². The van der Waals surface area contributed by atoms with Gasteiger partial charge in [-0.25, -0.2) is 4.98 Å². The maximum absolute atomic E-state index is 4.53. The molecule has 2 rings (SSSR count). The number of imidazole rings is 1. The van der Waals surface area contributed by atoms with Crippen LogP contribution in [0, 0.1) is 0 Å². The van der Waals surface area contributed by atoms with Crippen molar-refractivity contribution in [2.75, 3.05) is 6.54 Å². The molecular formula is C16H24N4. The summed E-state index contributed by atoms with van der Waals surface area (Å²) in [5, 5.41) is 3.61. The van der Waals surface area contributed by atoms with Gasteiger partial charge >= 0.3 is 0 Å². The standard InChI is InChI=1S/C16H24N4/c1-3-10-18-15(16-19-12-13-20(16)4-2)9-8-14-7-5-6-11-17-14/h5-7,11-13,15,18H,3-4,8-10H2,1-2H3. The molecule has 1 unspecified atom stereocenters. The van der Waals surface area contributed by atoms with Gasteiger partial charge in [0.15, 0.2) is 0 Å². The fraction of sp³-hybridized carbons (Fsp3) is 0.500. The number of aromatic nitrogens is 3. The Balaban J connectivity index is 2.04. The van der Waals surface area contributed by atoms with Gasteiger partial charge in [0.25, 0.3) is 0 Å². The summed E-state index contributed by atoms with van der Waals surface area (Å²) in [5.74, 6) is 1.14. The van der Waals surface area contributed by atoms with E-state index in [1.807, 2.05) is 24.5 Å². The Morgan fingerprint density at radius 2 is 2.10 bits per heavy atom. The van der Waals surface area contributed by atoms with Crippen LogP contribution in [-0.2, 0) is 13.0 Å². The summed E-state index contributed by atoms with van der Waals surface area (Å²) in [5.41, 5.74) is 1.14. The Morgan fingerprint density at radius 1 is 1.20 bits per heavy atom. The fourth-order valence-electron chi connectivity index (χ4n) is 2.38. The molecule has 2 aromatic rings.